The SMILES string of the molecule is CCC(N)Cc1cccc(Cl)c1Sc1cccc(Cl)c1. The van der Waals surface area contributed by atoms with Gasteiger partial charge in [-0.15, -0.1) is 0 Å². The highest BCUT2D eigenvalue weighted by molar-refractivity contribution is 7.99. The van der Waals surface area contributed by atoms with Crippen LogP contribution in [-0.4, -0.2) is 6.04 Å². The van der Waals surface area contributed by atoms with E-state index >= 15 is 0 Å². The molecule has 4 heteroatoms. The molecule has 0 spiro atoms. The average molecular weight is 326 g/mol. The molecule has 2 N–H and O–H groups in total. The summed E-state index contributed by atoms with van der Waals surface area (Å²) in [7, 11) is 0. The second-order valence-electron chi connectivity index (χ2n) is 4.66. The molecule has 1 nitrogen and oxygen atoms in total. The second kappa shape index (κ2) is 7.37. The summed E-state index contributed by atoms with van der Waals surface area (Å²) < 4.78 is 0. The predicted molar refractivity (Wildman–Crippen MR) is 89.0 cm³/mol. The van der Waals surface area contributed by atoms with Gasteiger partial charge in [-0.05, 0) is 42.7 Å². The summed E-state index contributed by atoms with van der Waals surface area (Å²) in [6.07, 6.45) is 1.79. The topological polar surface area (TPSA) is 26.0 Å². The molecule has 0 saturated heterocycles. The first-order valence-electron chi connectivity index (χ1n) is 6.56. The van der Waals surface area contributed by atoms with Crippen molar-refractivity contribution in [3.63, 3.8) is 0 Å². The molecule has 1 unspecified atom stereocenters. The summed E-state index contributed by atoms with van der Waals surface area (Å²) in [5.74, 6) is 0. The number of rotatable bonds is 5. The zero-order valence-electron chi connectivity index (χ0n) is 11.3. The molecule has 106 valence electrons. The Bertz CT molecular complexity index is 586. The van der Waals surface area contributed by atoms with Gasteiger partial charge in [0, 0.05) is 20.9 Å². The number of benzene rings is 2. The standard InChI is InChI=1S/C16H17Cl2NS/c1-2-13(19)9-11-5-3-8-15(18)16(11)20-14-7-4-6-12(17)10-14/h3-8,10,13H,2,9,19H2,1H3. The van der Waals surface area contributed by atoms with Gasteiger partial charge in [-0.1, -0.05) is 60.1 Å². The van der Waals surface area contributed by atoms with Crippen LogP contribution in [0.15, 0.2) is 52.3 Å². The van der Waals surface area contributed by atoms with Crippen molar-refractivity contribution in [2.45, 2.75) is 35.6 Å². The molecule has 2 aromatic rings. The molecule has 2 rings (SSSR count). The minimum Gasteiger partial charge on any atom is -0.327 e. The Kier molecular flexibility index (Phi) is 5.79. The van der Waals surface area contributed by atoms with Gasteiger partial charge >= 0.3 is 0 Å². The molecule has 0 aromatic heterocycles. The van der Waals surface area contributed by atoms with Crippen LogP contribution in [0.4, 0.5) is 0 Å². The van der Waals surface area contributed by atoms with Crippen LogP contribution in [0, 0.1) is 0 Å². The molecular weight excluding hydrogens is 309 g/mol. The van der Waals surface area contributed by atoms with Gasteiger partial charge in [-0.25, -0.2) is 0 Å². The van der Waals surface area contributed by atoms with Gasteiger partial charge in [0.2, 0.25) is 0 Å². The van der Waals surface area contributed by atoms with Gasteiger partial charge in [0.25, 0.3) is 0 Å². The van der Waals surface area contributed by atoms with E-state index in [0.29, 0.717) is 0 Å². The van der Waals surface area contributed by atoms with Crippen molar-refractivity contribution in [1.82, 2.24) is 0 Å². The maximum absolute atomic E-state index is 6.35. The molecule has 2 aromatic carbocycles. The first-order chi connectivity index (χ1) is 9.60. The first-order valence-corrected chi connectivity index (χ1v) is 8.13. The molecule has 0 amide bonds. The third-order valence-electron chi connectivity index (χ3n) is 3.07. The van der Waals surface area contributed by atoms with Gasteiger partial charge in [-0.3, -0.25) is 0 Å². The van der Waals surface area contributed by atoms with E-state index in [2.05, 4.69) is 13.0 Å². The van der Waals surface area contributed by atoms with Crippen molar-refractivity contribution < 1.29 is 0 Å². The number of halogens is 2. The number of hydrogen-bond donors (Lipinski definition) is 1. The fourth-order valence-electron chi connectivity index (χ4n) is 1.90. The van der Waals surface area contributed by atoms with E-state index in [1.165, 1.54) is 5.56 Å². The first kappa shape index (κ1) is 15.7. The predicted octanol–water partition coefficient (Wildman–Crippen LogP) is 5.42. The van der Waals surface area contributed by atoms with Crippen molar-refractivity contribution in [2.24, 2.45) is 5.73 Å². The van der Waals surface area contributed by atoms with Crippen molar-refractivity contribution >= 4 is 35.0 Å². The molecule has 0 radical (unpaired) electrons. The van der Waals surface area contributed by atoms with Crippen molar-refractivity contribution in [3.05, 3.63) is 58.1 Å². The molecular formula is C16H17Cl2NS. The summed E-state index contributed by atoms with van der Waals surface area (Å²) in [4.78, 5) is 2.15. The van der Waals surface area contributed by atoms with Crippen molar-refractivity contribution in [2.75, 3.05) is 0 Å². The highest BCUT2D eigenvalue weighted by Gasteiger charge is 2.11. The lowest BCUT2D eigenvalue weighted by Gasteiger charge is -2.14. The summed E-state index contributed by atoms with van der Waals surface area (Å²) in [6, 6.07) is 13.9. The van der Waals surface area contributed by atoms with Crippen LogP contribution < -0.4 is 5.73 Å². The van der Waals surface area contributed by atoms with Crippen LogP contribution in [0.5, 0.6) is 0 Å². The Balaban J connectivity index is 2.30. The summed E-state index contributed by atoms with van der Waals surface area (Å²) >= 11 is 14.0. The minimum absolute atomic E-state index is 0.159. The zero-order valence-corrected chi connectivity index (χ0v) is 13.6. The molecule has 0 aliphatic rings. The number of hydrogen-bond acceptors (Lipinski definition) is 2. The van der Waals surface area contributed by atoms with Gasteiger partial charge in [0.1, 0.15) is 0 Å². The van der Waals surface area contributed by atoms with E-state index in [1.54, 1.807) is 11.8 Å². The van der Waals surface area contributed by atoms with Crippen LogP contribution in [0.1, 0.15) is 18.9 Å². The van der Waals surface area contributed by atoms with Crippen LogP contribution in [-0.2, 0) is 6.42 Å². The largest absolute Gasteiger partial charge is 0.327 e. The third-order valence-corrected chi connectivity index (χ3v) is 4.91. The monoisotopic (exact) mass is 325 g/mol. The van der Waals surface area contributed by atoms with Crippen LogP contribution in [0.2, 0.25) is 10.0 Å². The number of nitrogens with two attached hydrogens (primary N) is 1. The molecule has 1 atom stereocenters. The normalized spacial score (nSPS) is 12.4. The van der Waals surface area contributed by atoms with Gasteiger partial charge in [0.05, 0.1) is 5.02 Å². The van der Waals surface area contributed by atoms with E-state index in [4.69, 9.17) is 28.9 Å². The smallest absolute Gasteiger partial charge is 0.0548 e. The van der Waals surface area contributed by atoms with Crippen LogP contribution >= 0.6 is 35.0 Å². The Morgan fingerprint density at radius 3 is 2.60 bits per heavy atom. The van der Waals surface area contributed by atoms with Crippen molar-refractivity contribution in [3.8, 4) is 0 Å². The van der Waals surface area contributed by atoms with Crippen LogP contribution in [0.3, 0.4) is 0 Å². The van der Waals surface area contributed by atoms with E-state index in [9.17, 15) is 0 Å². The quantitative estimate of drug-likeness (QED) is 0.793. The van der Waals surface area contributed by atoms with Crippen LogP contribution in [0.25, 0.3) is 0 Å². The second-order valence-corrected chi connectivity index (χ2v) is 6.59. The maximum atomic E-state index is 6.35. The lowest BCUT2D eigenvalue weighted by molar-refractivity contribution is 0.641. The summed E-state index contributed by atoms with van der Waals surface area (Å²) in [5, 5.41) is 1.49. The van der Waals surface area contributed by atoms with E-state index in [1.807, 2.05) is 36.4 Å². The Hall–Kier alpha value is -0.670. The molecule has 0 aliphatic carbocycles. The average Bonchev–Trinajstić information content (AvgIpc) is 2.42. The fraction of sp³-hybridized carbons (Fsp3) is 0.250. The van der Waals surface area contributed by atoms with E-state index < -0.39 is 0 Å². The van der Waals surface area contributed by atoms with E-state index in [-0.39, 0.29) is 6.04 Å². The molecule has 0 heterocycles. The molecule has 0 saturated carbocycles. The summed E-state index contributed by atoms with van der Waals surface area (Å²) in [6.45, 7) is 2.10. The van der Waals surface area contributed by atoms with Crippen molar-refractivity contribution in [1.29, 1.82) is 0 Å². The highest BCUT2D eigenvalue weighted by Crippen LogP contribution is 2.37. The Morgan fingerprint density at radius 1 is 1.15 bits per heavy atom. The van der Waals surface area contributed by atoms with Gasteiger partial charge < -0.3 is 5.73 Å². The van der Waals surface area contributed by atoms with Gasteiger partial charge in [-0.2, -0.15) is 0 Å². The highest BCUT2D eigenvalue weighted by atomic mass is 35.5. The molecule has 0 aliphatic heterocycles. The third kappa shape index (κ3) is 4.16. The molecule has 0 fully saturated rings. The van der Waals surface area contributed by atoms with E-state index in [0.717, 1.165) is 32.7 Å². The maximum Gasteiger partial charge on any atom is 0.0548 e. The lowest BCUT2D eigenvalue weighted by atomic mass is 10.0. The summed E-state index contributed by atoms with van der Waals surface area (Å²) in [5.41, 5.74) is 7.26. The minimum atomic E-state index is 0.159. The Morgan fingerprint density at radius 2 is 1.90 bits per heavy atom. The molecule has 20 heavy (non-hydrogen) atoms. The Labute approximate surface area is 134 Å². The lowest BCUT2D eigenvalue weighted by Crippen LogP contribution is -2.21. The van der Waals surface area contributed by atoms with Gasteiger partial charge in [0.15, 0.2) is 0 Å². The molecule has 0 bridgehead atoms. The fourth-order valence-corrected chi connectivity index (χ4v) is 3.48. The zero-order chi connectivity index (χ0) is 14.5.